The number of ketones is 1. The van der Waals surface area contributed by atoms with Crippen LogP contribution < -0.4 is 0 Å². The number of Topliss-reactive ketones (excluding diaryl/α,β-unsaturated/α-hetero) is 1. The highest BCUT2D eigenvalue weighted by Gasteiger charge is 2.54. The van der Waals surface area contributed by atoms with Crippen LogP contribution in [0, 0.1) is 22.7 Å². The summed E-state index contributed by atoms with van der Waals surface area (Å²) in [6, 6.07) is 0. The standard InChI is InChI=1S/C19H32O3/c1-18(2)10-6-11-19(3)14(15(20)8-9-16(18)19)13-22-17-7-4-5-12-21-17/h14,16-17H,4-13H2,1-3H3/t14?,16-,17?,19?/m0/s1. The van der Waals surface area contributed by atoms with Crippen molar-refractivity contribution in [2.24, 2.45) is 22.7 Å². The Morgan fingerprint density at radius 2 is 1.95 bits per heavy atom. The van der Waals surface area contributed by atoms with Crippen LogP contribution in [0.1, 0.15) is 72.1 Å². The van der Waals surface area contributed by atoms with Crippen LogP contribution in [-0.2, 0) is 14.3 Å². The molecular formula is C19H32O3. The van der Waals surface area contributed by atoms with Crippen molar-refractivity contribution >= 4 is 5.78 Å². The molecule has 3 unspecified atom stereocenters. The molecule has 0 aromatic rings. The van der Waals surface area contributed by atoms with Crippen LogP contribution in [0.25, 0.3) is 0 Å². The maximum atomic E-state index is 12.6. The Labute approximate surface area is 135 Å². The van der Waals surface area contributed by atoms with Crippen LogP contribution in [0.15, 0.2) is 0 Å². The number of fused-ring (bicyclic) bond motifs is 1. The lowest BCUT2D eigenvalue weighted by atomic mass is 9.48. The van der Waals surface area contributed by atoms with Gasteiger partial charge in [0.05, 0.1) is 6.61 Å². The van der Waals surface area contributed by atoms with Crippen molar-refractivity contribution in [3.05, 3.63) is 0 Å². The molecule has 3 fully saturated rings. The fraction of sp³-hybridized carbons (Fsp3) is 0.947. The minimum atomic E-state index is -0.0814. The van der Waals surface area contributed by atoms with E-state index in [1.54, 1.807) is 0 Å². The molecule has 3 aliphatic rings. The van der Waals surface area contributed by atoms with Gasteiger partial charge in [0.15, 0.2) is 6.29 Å². The summed E-state index contributed by atoms with van der Waals surface area (Å²) in [6.45, 7) is 8.51. The van der Waals surface area contributed by atoms with Crippen molar-refractivity contribution in [3.63, 3.8) is 0 Å². The molecule has 1 aliphatic heterocycles. The molecule has 0 amide bonds. The molecule has 1 heterocycles. The molecular weight excluding hydrogens is 276 g/mol. The monoisotopic (exact) mass is 308 g/mol. The molecule has 0 radical (unpaired) electrons. The van der Waals surface area contributed by atoms with Crippen molar-refractivity contribution in [3.8, 4) is 0 Å². The van der Waals surface area contributed by atoms with Crippen molar-refractivity contribution < 1.29 is 14.3 Å². The van der Waals surface area contributed by atoms with Gasteiger partial charge < -0.3 is 9.47 Å². The number of hydrogen-bond donors (Lipinski definition) is 0. The third kappa shape index (κ3) is 2.99. The first-order chi connectivity index (χ1) is 10.4. The van der Waals surface area contributed by atoms with Gasteiger partial charge in [0, 0.05) is 18.9 Å². The van der Waals surface area contributed by atoms with Crippen molar-refractivity contribution in [1.82, 2.24) is 0 Å². The molecule has 0 bridgehead atoms. The quantitative estimate of drug-likeness (QED) is 0.778. The Hall–Kier alpha value is -0.410. The topological polar surface area (TPSA) is 35.5 Å². The van der Waals surface area contributed by atoms with Gasteiger partial charge in [-0.15, -0.1) is 0 Å². The third-order valence-electron chi connectivity index (χ3n) is 6.73. The van der Waals surface area contributed by atoms with E-state index in [2.05, 4.69) is 20.8 Å². The predicted octanol–water partition coefficient (Wildman–Crippen LogP) is 4.34. The van der Waals surface area contributed by atoms with E-state index in [9.17, 15) is 4.79 Å². The van der Waals surface area contributed by atoms with E-state index in [0.717, 1.165) is 32.3 Å². The van der Waals surface area contributed by atoms with Crippen LogP contribution in [0.4, 0.5) is 0 Å². The Bertz CT molecular complexity index is 411. The number of rotatable bonds is 3. The second-order valence-electron chi connectivity index (χ2n) is 8.59. The highest BCUT2D eigenvalue weighted by molar-refractivity contribution is 5.83. The third-order valence-corrected chi connectivity index (χ3v) is 6.73. The molecule has 2 saturated carbocycles. The van der Waals surface area contributed by atoms with Gasteiger partial charge >= 0.3 is 0 Å². The van der Waals surface area contributed by atoms with Crippen molar-refractivity contribution in [2.75, 3.05) is 13.2 Å². The van der Waals surface area contributed by atoms with E-state index in [1.165, 1.54) is 25.7 Å². The van der Waals surface area contributed by atoms with Gasteiger partial charge in [-0.25, -0.2) is 0 Å². The zero-order valence-corrected chi connectivity index (χ0v) is 14.5. The molecule has 126 valence electrons. The van der Waals surface area contributed by atoms with Gasteiger partial charge in [-0.05, 0) is 55.3 Å². The van der Waals surface area contributed by atoms with E-state index in [0.29, 0.717) is 23.7 Å². The number of carbonyl (C=O) groups excluding carboxylic acids is 1. The highest BCUT2D eigenvalue weighted by atomic mass is 16.7. The molecule has 3 heteroatoms. The summed E-state index contributed by atoms with van der Waals surface area (Å²) in [6.07, 6.45) is 8.72. The Kier molecular flexibility index (Phi) is 4.66. The van der Waals surface area contributed by atoms with E-state index in [1.807, 2.05) is 0 Å². The van der Waals surface area contributed by atoms with Crippen LogP contribution >= 0.6 is 0 Å². The second-order valence-corrected chi connectivity index (χ2v) is 8.59. The minimum absolute atomic E-state index is 0.0661. The summed E-state index contributed by atoms with van der Waals surface area (Å²) in [4.78, 5) is 12.6. The maximum absolute atomic E-state index is 12.6. The lowest BCUT2D eigenvalue weighted by Crippen LogP contribution is -2.53. The molecule has 0 N–H and O–H groups in total. The molecule has 3 nitrogen and oxygen atoms in total. The van der Waals surface area contributed by atoms with Gasteiger partial charge in [-0.1, -0.05) is 27.2 Å². The number of hydrogen-bond acceptors (Lipinski definition) is 3. The Morgan fingerprint density at radius 3 is 2.68 bits per heavy atom. The lowest BCUT2D eigenvalue weighted by molar-refractivity contribution is -0.189. The Balaban J connectivity index is 1.71. The van der Waals surface area contributed by atoms with Crippen molar-refractivity contribution in [1.29, 1.82) is 0 Å². The first-order valence-corrected chi connectivity index (χ1v) is 9.19. The molecule has 4 atom stereocenters. The van der Waals surface area contributed by atoms with E-state index >= 15 is 0 Å². The molecule has 22 heavy (non-hydrogen) atoms. The van der Waals surface area contributed by atoms with Crippen molar-refractivity contribution in [2.45, 2.75) is 78.4 Å². The molecule has 2 aliphatic carbocycles. The smallest absolute Gasteiger partial charge is 0.157 e. The van der Waals surface area contributed by atoms with Gasteiger partial charge in [0.2, 0.25) is 0 Å². The van der Waals surface area contributed by atoms with E-state index in [-0.39, 0.29) is 17.6 Å². The van der Waals surface area contributed by atoms with E-state index in [4.69, 9.17) is 9.47 Å². The van der Waals surface area contributed by atoms with Crippen LogP contribution in [-0.4, -0.2) is 25.3 Å². The van der Waals surface area contributed by atoms with Gasteiger partial charge in [0.1, 0.15) is 5.78 Å². The average molecular weight is 308 g/mol. The zero-order chi connectivity index (χ0) is 15.8. The summed E-state index contributed by atoms with van der Waals surface area (Å²) < 4.78 is 11.7. The van der Waals surface area contributed by atoms with Gasteiger partial charge in [-0.3, -0.25) is 4.79 Å². The van der Waals surface area contributed by atoms with Crippen LogP contribution in [0.2, 0.25) is 0 Å². The van der Waals surface area contributed by atoms with E-state index < -0.39 is 0 Å². The summed E-state index contributed by atoms with van der Waals surface area (Å²) in [5.41, 5.74) is 0.471. The lowest BCUT2D eigenvalue weighted by Gasteiger charge is -2.56. The summed E-state index contributed by atoms with van der Waals surface area (Å²) >= 11 is 0. The zero-order valence-electron chi connectivity index (χ0n) is 14.5. The SMILES string of the molecule is CC1(C)CCCC2(C)C(COC3CCCCO3)C(=O)CC[C@@H]12. The normalized spacial score (nSPS) is 42.0. The molecule has 3 rings (SSSR count). The average Bonchev–Trinajstić information content (AvgIpc) is 2.46. The summed E-state index contributed by atoms with van der Waals surface area (Å²) in [5, 5.41) is 0. The summed E-state index contributed by atoms with van der Waals surface area (Å²) in [7, 11) is 0. The molecule has 1 saturated heterocycles. The fourth-order valence-corrected chi connectivity index (χ4v) is 5.46. The predicted molar refractivity (Wildman–Crippen MR) is 86.5 cm³/mol. The Morgan fingerprint density at radius 1 is 1.14 bits per heavy atom. The first kappa shape index (κ1) is 16.4. The number of carbonyl (C=O) groups is 1. The second kappa shape index (κ2) is 6.24. The van der Waals surface area contributed by atoms with Crippen LogP contribution in [0.5, 0.6) is 0 Å². The number of ether oxygens (including phenoxy) is 2. The van der Waals surface area contributed by atoms with Crippen LogP contribution in [0.3, 0.4) is 0 Å². The van der Waals surface area contributed by atoms with Gasteiger partial charge in [0.25, 0.3) is 0 Å². The minimum Gasteiger partial charge on any atom is -0.353 e. The fourth-order valence-electron chi connectivity index (χ4n) is 5.46. The highest BCUT2D eigenvalue weighted by Crippen LogP contribution is 2.59. The molecule has 0 spiro atoms. The van der Waals surface area contributed by atoms with Gasteiger partial charge in [-0.2, -0.15) is 0 Å². The largest absolute Gasteiger partial charge is 0.353 e. The molecule has 0 aromatic carbocycles. The summed E-state index contributed by atoms with van der Waals surface area (Å²) in [5.74, 6) is 1.14. The first-order valence-electron chi connectivity index (χ1n) is 9.19. The maximum Gasteiger partial charge on any atom is 0.157 e. The molecule has 0 aromatic heterocycles.